The molecule has 7 rings (SSSR count). The maximum Gasteiger partial charge on any atom is 0.298 e. The van der Waals surface area contributed by atoms with Crippen molar-refractivity contribution in [3.63, 3.8) is 0 Å². The second kappa shape index (κ2) is 14.5. The average molecular weight is 723 g/mol. The lowest BCUT2D eigenvalue weighted by Crippen LogP contribution is -2.51. The molecule has 1 aliphatic heterocycles. The molecule has 0 bridgehead atoms. The standard InChI is InChI=1S/C43H51FN4O5/c1-4-16-42(3)35(29-10-11-30-26-31(49)13-17-41(30,2)27-29)14-18-43(42,53)19-15-38(50)47-20-22-48(23-21-47)40(52)34-24-28(9-12-36(34)44)25-37-32-7-5-6-8-33(32)39(51)46-45-37/h5-9,12,24,29-30,35,53H,4,10-11,13-14,16-18,20-23,25-27H2,1-3H3,(H,46,51)/t29-,30+,35+,41-,42+,43-/m1/s1. The third kappa shape index (κ3) is 6.93. The van der Waals surface area contributed by atoms with E-state index < -0.39 is 22.7 Å². The highest BCUT2D eigenvalue weighted by molar-refractivity contribution is 5.96. The molecule has 0 spiro atoms. The van der Waals surface area contributed by atoms with E-state index in [1.807, 2.05) is 12.1 Å². The zero-order chi connectivity index (χ0) is 37.5. The van der Waals surface area contributed by atoms with Crippen molar-refractivity contribution >= 4 is 28.4 Å². The summed E-state index contributed by atoms with van der Waals surface area (Å²) in [5.41, 5.74) is -0.600. The minimum atomic E-state index is -1.28. The van der Waals surface area contributed by atoms with E-state index >= 15 is 4.39 Å². The fraction of sp³-hybridized carbons (Fsp3) is 0.558. The lowest BCUT2D eigenvalue weighted by molar-refractivity contribution is -0.128. The van der Waals surface area contributed by atoms with Crippen LogP contribution in [-0.4, -0.2) is 74.5 Å². The highest BCUT2D eigenvalue weighted by Crippen LogP contribution is 2.61. The van der Waals surface area contributed by atoms with Crippen molar-refractivity contribution in [3.8, 4) is 11.8 Å². The monoisotopic (exact) mass is 722 g/mol. The quantitative estimate of drug-likeness (QED) is 0.298. The number of halogens is 1. The number of aromatic amines is 1. The number of fused-ring (bicyclic) bond motifs is 2. The molecule has 10 heteroatoms. The number of hydrogen-bond acceptors (Lipinski definition) is 6. The molecule has 4 aliphatic rings. The second-order valence-corrected chi connectivity index (χ2v) is 16.7. The number of carbonyl (C=O) groups is 3. The number of Topliss-reactive ketones (excluding diaryl/α,β-unsaturated/α-hetero) is 1. The van der Waals surface area contributed by atoms with Gasteiger partial charge in [0.2, 0.25) is 0 Å². The topological polar surface area (TPSA) is 124 Å². The van der Waals surface area contributed by atoms with Gasteiger partial charge in [0, 0.05) is 56.2 Å². The largest absolute Gasteiger partial charge is 0.377 e. The Hall–Kier alpha value is -4.36. The first-order valence-corrected chi connectivity index (χ1v) is 19.4. The fourth-order valence-electron chi connectivity index (χ4n) is 10.4. The van der Waals surface area contributed by atoms with Gasteiger partial charge in [-0.15, -0.1) is 0 Å². The molecule has 53 heavy (non-hydrogen) atoms. The fourth-order valence-corrected chi connectivity index (χ4v) is 10.4. The summed E-state index contributed by atoms with van der Waals surface area (Å²) < 4.78 is 15.0. The van der Waals surface area contributed by atoms with Crippen LogP contribution in [0.25, 0.3) is 10.8 Å². The summed E-state index contributed by atoms with van der Waals surface area (Å²) in [5, 5.41) is 20.1. The maximum atomic E-state index is 15.0. The predicted molar refractivity (Wildman–Crippen MR) is 200 cm³/mol. The van der Waals surface area contributed by atoms with E-state index in [0.717, 1.165) is 44.9 Å². The van der Waals surface area contributed by atoms with Gasteiger partial charge in [-0.1, -0.05) is 57.4 Å². The van der Waals surface area contributed by atoms with Crippen molar-refractivity contribution in [1.82, 2.24) is 20.0 Å². The van der Waals surface area contributed by atoms with Gasteiger partial charge in [0.25, 0.3) is 17.4 Å². The molecule has 2 heterocycles. The number of hydrogen-bond donors (Lipinski definition) is 2. The van der Waals surface area contributed by atoms with Crippen LogP contribution in [0.5, 0.6) is 0 Å². The van der Waals surface area contributed by atoms with Crippen LogP contribution in [0, 0.1) is 46.2 Å². The molecule has 0 radical (unpaired) electrons. The minimum Gasteiger partial charge on any atom is -0.377 e. The molecule has 9 nitrogen and oxygen atoms in total. The number of nitrogens with one attached hydrogen (secondary N) is 1. The number of amides is 2. The Morgan fingerprint density at radius 3 is 2.49 bits per heavy atom. The summed E-state index contributed by atoms with van der Waals surface area (Å²) in [5.74, 6) is 6.08. The smallest absolute Gasteiger partial charge is 0.298 e. The third-order valence-corrected chi connectivity index (χ3v) is 13.6. The number of benzene rings is 2. The molecular formula is C43H51FN4O5. The summed E-state index contributed by atoms with van der Waals surface area (Å²) in [6.07, 6.45) is 8.99. The molecule has 6 atom stereocenters. The minimum absolute atomic E-state index is 0.0523. The van der Waals surface area contributed by atoms with Gasteiger partial charge in [0.15, 0.2) is 0 Å². The molecule has 3 aromatic rings. The maximum absolute atomic E-state index is 15.0. The first-order chi connectivity index (χ1) is 25.3. The van der Waals surface area contributed by atoms with Crippen LogP contribution in [0.3, 0.4) is 0 Å². The zero-order valence-electron chi connectivity index (χ0n) is 31.2. The van der Waals surface area contributed by atoms with Crippen LogP contribution in [-0.2, 0) is 16.0 Å². The average Bonchev–Trinajstić information content (AvgIpc) is 3.41. The number of ketones is 1. The Kier molecular flexibility index (Phi) is 10.1. The van der Waals surface area contributed by atoms with Gasteiger partial charge < -0.3 is 14.9 Å². The highest BCUT2D eigenvalue weighted by atomic mass is 19.1. The summed E-state index contributed by atoms with van der Waals surface area (Å²) in [4.78, 5) is 54.6. The number of carbonyl (C=O) groups excluding carboxylic acids is 3. The molecule has 2 N–H and O–H groups in total. The van der Waals surface area contributed by atoms with E-state index in [-0.39, 0.29) is 48.6 Å². The molecule has 280 valence electrons. The lowest BCUT2D eigenvalue weighted by atomic mass is 9.53. The van der Waals surface area contributed by atoms with Crippen LogP contribution < -0.4 is 5.56 Å². The summed E-state index contributed by atoms with van der Waals surface area (Å²) in [6, 6.07) is 11.6. The van der Waals surface area contributed by atoms with Gasteiger partial charge in [0.1, 0.15) is 17.2 Å². The van der Waals surface area contributed by atoms with E-state index in [4.69, 9.17) is 0 Å². The molecule has 3 aliphatic carbocycles. The van der Waals surface area contributed by atoms with E-state index in [0.29, 0.717) is 71.3 Å². The molecule has 1 aromatic heterocycles. The summed E-state index contributed by atoms with van der Waals surface area (Å²) >= 11 is 0. The van der Waals surface area contributed by atoms with Crippen LogP contribution in [0.1, 0.15) is 107 Å². The van der Waals surface area contributed by atoms with Crippen molar-refractivity contribution < 1.29 is 23.9 Å². The number of aliphatic hydroxyl groups is 1. The zero-order valence-corrected chi connectivity index (χ0v) is 31.2. The van der Waals surface area contributed by atoms with Gasteiger partial charge in [0.05, 0.1) is 16.6 Å². The molecular weight excluding hydrogens is 671 g/mol. The predicted octanol–water partition coefficient (Wildman–Crippen LogP) is 6.06. The summed E-state index contributed by atoms with van der Waals surface area (Å²) in [7, 11) is 0. The van der Waals surface area contributed by atoms with Gasteiger partial charge in [-0.3, -0.25) is 19.2 Å². The first kappa shape index (κ1) is 37.0. The Labute approximate surface area is 310 Å². The number of nitrogens with zero attached hydrogens (tertiary/aromatic N) is 3. The van der Waals surface area contributed by atoms with Crippen molar-refractivity contribution in [2.75, 3.05) is 26.2 Å². The lowest BCUT2D eigenvalue weighted by Gasteiger charge is -2.52. The highest BCUT2D eigenvalue weighted by Gasteiger charge is 2.59. The van der Waals surface area contributed by atoms with Crippen molar-refractivity contribution in [2.45, 2.75) is 97.0 Å². The van der Waals surface area contributed by atoms with Crippen LogP contribution in [0.15, 0.2) is 47.3 Å². The van der Waals surface area contributed by atoms with E-state index in [2.05, 4.69) is 42.8 Å². The van der Waals surface area contributed by atoms with E-state index in [1.54, 1.807) is 28.0 Å². The Morgan fingerprint density at radius 1 is 1.00 bits per heavy atom. The van der Waals surface area contributed by atoms with Crippen LogP contribution >= 0.6 is 0 Å². The normalized spacial score (nSPS) is 30.1. The van der Waals surface area contributed by atoms with E-state index in [1.165, 1.54) is 12.1 Å². The van der Waals surface area contributed by atoms with Gasteiger partial charge in [-0.05, 0) is 97.8 Å². The van der Waals surface area contributed by atoms with Crippen LogP contribution in [0.4, 0.5) is 4.39 Å². The second-order valence-electron chi connectivity index (χ2n) is 16.7. The Balaban J connectivity index is 0.995. The first-order valence-electron chi connectivity index (χ1n) is 19.4. The molecule has 3 saturated carbocycles. The summed E-state index contributed by atoms with van der Waals surface area (Å²) in [6.45, 7) is 7.65. The van der Waals surface area contributed by atoms with Gasteiger partial charge in [-0.2, -0.15) is 5.10 Å². The third-order valence-electron chi connectivity index (χ3n) is 13.6. The number of piperazine rings is 1. The molecule has 4 fully saturated rings. The van der Waals surface area contributed by atoms with Crippen molar-refractivity contribution in [3.05, 3.63) is 75.5 Å². The van der Waals surface area contributed by atoms with Gasteiger partial charge in [-0.25, -0.2) is 9.49 Å². The van der Waals surface area contributed by atoms with Gasteiger partial charge >= 0.3 is 0 Å². The number of aromatic nitrogens is 2. The Morgan fingerprint density at radius 2 is 1.74 bits per heavy atom. The van der Waals surface area contributed by atoms with Crippen molar-refractivity contribution in [1.29, 1.82) is 0 Å². The van der Waals surface area contributed by atoms with E-state index in [9.17, 15) is 24.3 Å². The SMILES string of the molecule is CCC[C@@]1(C)[C@H]([C@@H]2CC[C@H]3CC(=O)CC[C@]3(C)C2)CC[C@@]1(O)C#CC(=O)N1CCN(C(=O)c2cc(Cc3n[nH]c(=O)c4ccccc34)ccc2F)CC1. The molecule has 1 saturated heterocycles. The Bertz CT molecular complexity index is 2040. The number of H-pyrrole nitrogens is 1. The molecule has 2 aromatic carbocycles. The van der Waals surface area contributed by atoms with Crippen molar-refractivity contribution in [2.24, 2.45) is 28.6 Å². The molecule has 2 amide bonds. The molecule has 0 unspecified atom stereocenters. The number of rotatable bonds is 6. The van der Waals surface area contributed by atoms with Crippen LogP contribution in [0.2, 0.25) is 0 Å².